The van der Waals surface area contributed by atoms with Crippen molar-refractivity contribution in [1.82, 2.24) is 5.32 Å². The number of anilines is 1. The third-order valence-electron chi connectivity index (χ3n) is 2.36. The summed E-state index contributed by atoms with van der Waals surface area (Å²) in [6, 6.07) is 8.31. The average Bonchev–Trinajstić information content (AvgIpc) is 3.02. The number of hydrogen-bond donors (Lipinski definition) is 4. The van der Waals surface area contributed by atoms with Crippen LogP contribution < -0.4 is 16.4 Å². The van der Waals surface area contributed by atoms with Crippen LogP contribution >= 0.6 is 0 Å². The summed E-state index contributed by atoms with van der Waals surface area (Å²) in [5.74, 6) is 0.367. The molecule has 0 spiro atoms. The van der Waals surface area contributed by atoms with Crippen molar-refractivity contribution in [2.45, 2.75) is 25.4 Å². The highest BCUT2D eigenvalue weighted by Gasteiger charge is 2.21. The minimum Gasteiger partial charge on any atom is -0.354 e. The molecule has 0 aliphatic heterocycles. The molecule has 15 heavy (non-hydrogen) atoms. The van der Waals surface area contributed by atoms with Crippen molar-refractivity contribution in [3.05, 3.63) is 29.8 Å². The van der Waals surface area contributed by atoms with Crippen molar-refractivity contribution in [1.29, 1.82) is 5.41 Å². The number of benzene rings is 1. The van der Waals surface area contributed by atoms with Gasteiger partial charge in [-0.2, -0.15) is 0 Å². The summed E-state index contributed by atoms with van der Waals surface area (Å²) in [6.45, 7) is 0.527. The number of hydrogen-bond acceptors (Lipinski definition) is 2. The SMILES string of the molecule is N=C(Nc1cccc(CN)c1)NC1CC1. The molecule has 0 radical (unpaired) electrons. The topological polar surface area (TPSA) is 73.9 Å². The van der Waals surface area contributed by atoms with Gasteiger partial charge in [-0.15, -0.1) is 0 Å². The number of nitrogens with one attached hydrogen (secondary N) is 3. The highest BCUT2D eigenvalue weighted by Crippen LogP contribution is 2.18. The Morgan fingerprint density at radius 3 is 2.93 bits per heavy atom. The van der Waals surface area contributed by atoms with E-state index in [1.807, 2.05) is 24.3 Å². The Labute approximate surface area is 89.4 Å². The van der Waals surface area contributed by atoms with E-state index < -0.39 is 0 Å². The van der Waals surface area contributed by atoms with Gasteiger partial charge in [0.05, 0.1) is 0 Å². The Kier molecular flexibility index (Phi) is 2.87. The van der Waals surface area contributed by atoms with E-state index in [2.05, 4.69) is 10.6 Å². The van der Waals surface area contributed by atoms with Gasteiger partial charge >= 0.3 is 0 Å². The maximum absolute atomic E-state index is 7.67. The van der Waals surface area contributed by atoms with Crippen LogP contribution in [0.3, 0.4) is 0 Å². The third kappa shape index (κ3) is 2.95. The zero-order chi connectivity index (χ0) is 10.7. The molecule has 1 aliphatic carbocycles. The molecule has 1 aliphatic rings. The standard InChI is InChI=1S/C11H16N4/c12-7-8-2-1-3-10(6-8)15-11(13)14-9-4-5-9/h1-3,6,9H,4-5,7,12H2,(H3,13,14,15). The summed E-state index contributed by atoms with van der Waals surface area (Å²) in [4.78, 5) is 0. The first kappa shape index (κ1) is 9.98. The average molecular weight is 204 g/mol. The molecule has 5 N–H and O–H groups in total. The molecule has 0 saturated heterocycles. The molecule has 0 aromatic heterocycles. The summed E-state index contributed by atoms with van der Waals surface area (Å²) in [7, 11) is 0. The minimum atomic E-state index is 0.367. The van der Waals surface area contributed by atoms with Gasteiger partial charge in [0.1, 0.15) is 0 Å². The summed E-state index contributed by atoms with van der Waals surface area (Å²) in [5.41, 5.74) is 7.52. The van der Waals surface area contributed by atoms with Crippen molar-refractivity contribution in [2.24, 2.45) is 5.73 Å². The molecule has 0 unspecified atom stereocenters. The summed E-state index contributed by atoms with van der Waals surface area (Å²) < 4.78 is 0. The Morgan fingerprint density at radius 2 is 2.27 bits per heavy atom. The van der Waals surface area contributed by atoms with E-state index in [9.17, 15) is 0 Å². The lowest BCUT2D eigenvalue weighted by Crippen LogP contribution is -2.31. The highest BCUT2D eigenvalue weighted by atomic mass is 15.2. The molecule has 2 rings (SSSR count). The predicted octanol–water partition coefficient (Wildman–Crippen LogP) is 1.24. The molecule has 0 amide bonds. The molecule has 1 fully saturated rings. The van der Waals surface area contributed by atoms with Crippen LogP contribution in [-0.4, -0.2) is 12.0 Å². The second-order valence-electron chi connectivity index (χ2n) is 3.82. The van der Waals surface area contributed by atoms with Crippen LogP contribution in [0.2, 0.25) is 0 Å². The maximum atomic E-state index is 7.67. The second kappa shape index (κ2) is 4.31. The van der Waals surface area contributed by atoms with Crippen LogP contribution in [0.1, 0.15) is 18.4 Å². The smallest absolute Gasteiger partial charge is 0.193 e. The van der Waals surface area contributed by atoms with Crippen LogP contribution in [0.15, 0.2) is 24.3 Å². The largest absolute Gasteiger partial charge is 0.354 e. The fourth-order valence-electron chi connectivity index (χ4n) is 1.39. The quantitative estimate of drug-likeness (QED) is 0.442. The third-order valence-corrected chi connectivity index (χ3v) is 2.36. The maximum Gasteiger partial charge on any atom is 0.193 e. The van der Waals surface area contributed by atoms with Crippen LogP contribution in [0.5, 0.6) is 0 Å². The Hall–Kier alpha value is -1.55. The van der Waals surface area contributed by atoms with Crippen LogP contribution in [0, 0.1) is 5.41 Å². The van der Waals surface area contributed by atoms with Crippen molar-refractivity contribution in [3.63, 3.8) is 0 Å². The fourth-order valence-corrected chi connectivity index (χ4v) is 1.39. The van der Waals surface area contributed by atoms with E-state index in [-0.39, 0.29) is 0 Å². The van der Waals surface area contributed by atoms with Gasteiger partial charge in [-0.1, -0.05) is 12.1 Å². The molecule has 4 heteroatoms. The van der Waals surface area contributed by atoms with E-state index >= 15 is 0 Å². The number of nitrogens with two attached hydrogens (primary N) is 1. The molecule has 1 aromatic rings. The zero-order valence-electron chi connectivity index (χ0n) is 8.59. The molecule has 0 bridgehead atoms. The van der Waals surface area contributed by atoms with Crippen molar-refractivity contribution < 1.29 is 0 Å². The lowest BCUT2D eigenvalue weighted by Gasteiger charge is -2.10. The first-order chi connectivity index (χ1) is 7.28. The first-order valence-corrected chi connectivity index (χ1v) is 5.19. The molecule has 1 aromatic carbocycles. The monoisotopic (exact) mass is 204 g/mol. The summed E-state index contributed by atoms with van der Waals surface area (Å²) in [6.07, 6.45) is 2.35. The van der Waals surface area contributed by atoms with E-state index in [1.54, 1.807) is 0 Å². The van der Waals surface area contributed by atoms with E-state index in [1.165, 1.54) is 12.8 Å². The Morgan fingerprint density at radius 1 is 1.47 bits per heavy atom. The van der Waals surface area contributed by atoms with Gasteiger partial charge in [-0.25, -0.2) is 0 Å². The molecule has 80 valence electrons. The first-order valence-electron chi connectivity index (χ1n) is 5.19. The molecule has 0 atom stereocenters. The summed E-state index contributed by atoms with van der Waals surface area (Å²) in [5, 5.41) is 13.8. The number of guanidine groups is 1. The van der Waals surface area contributed by atoms with E-state index in [0.29, 0.717) is 18.5 Å². The molecular formula is C11H16N4. The van der Waals surface area contributed by atoms with Gasteiger partial charge in [-0.3, -0.25) is 5.41 Å². The molecule has 1 saturated carbocycles. The van der Waals surface area contributed by atoms with Gasteiger partial charge in [0.25, 0.3) is 0 Å². The normalized spacial score (nSPS) is 14.7. The lowest BCUT2D eigenvalue weighted by atomic mass is 10.2. The second-order valence-corrected chi connectivity index (χ2v) is 3.82. The van der Waals surface area contributed by atoms with Gasteiger partial charge in [0, 0.05) is 18.3 Å². The summed E-state index contributed by atoms with van der Waals surface area (Å²) >= 11 is 0. The predicted molar refractivity (Wildman–Crippen MR) is 61.8 cm³/mol. The van der Waals surface area contributed by atoms with Crippen molar-refractivity contribution in [2.75, 3.05) is 5.32 Å². The number of rotatable bonds is 3. The Bertz CT molecular complexity index is 357. The van der Waals surface area contributed by atoms with Crippen molar-refractivity contribution >= 4 is 11.6 Å². The molecule has 0 heterocycles. The lowest BCUT2D eigenvalue weighted by molar-refractivity contribution is 0.897. The van der Waals surface area contributed by atoms with Crippen LogP contribution in [-0.2, 0) is 6.54 Å². The van der Waals surface area contributed by atoms with Crippen LogP contribution in [0.25, 0.3) is 0 Å². The van der Waals surface area contributed by atoms with Gasteiger partial charge in [0.2, 0.25) is 0 Å². The van der Waals surface area contributed by atoms with Gasteiger partial charge in [-0.05, 0) is 30.5 Å². The highest BCUT2D eigenvalue weighted by molar-refractivity contribution is 5.91. The molecule has 4 nitrogen and oxygen atoms in total. The Balaban J connectivity index is 1.93. The van der Waals surface area contributed by atoms with Crippen LogP contribution in [0.4, 0.5) is 5.69 Å². The zero-order valence-corrected chi connectivity index (χ0v) is 8.59. The van der Waals surface area contributed by atoms with Crippen molar-refractivity contribution in [3.8, 4) is 0 Å². The minimum absolute atomic E-state index is 0.367. The fraction of sp³-hybridized carbons (Fsp3) is 0.364. The van der Waals surface area contributed by atoms with Gasteiger partial charge < -0.3 is 16.4 Å². The van der Waals surface area contributed by atoms with E-state index in [4.69, 9.17) is 11.1 Å². The van der Waals surface area contributed by atoms with E-state index in [0.717, 1.165) is 11.3 Å². The van der Waals surface area contributed by atoms with Gasteiger partial charge in [0.15, 0.2) is 5.96 Å². The molecular weight excluding hydrogens is 188 g/mol.